The molecule has 1 aliphatic rings. The van der Waals surface area contributed by atoms with Gasteiger partial charge in [-0.1, -0.05) is 0 Å². The molecule has 13 heavy (non-hydrogen) atoms. The molecule has 2 unspecified atom stereocenters. The van der Waals surface area contributed by atoms with Crippen LogP contribution in [0, 0.1) is 0 Å². The van der Waals surface area contributed by atoms with Crippen molar-refractivity contribution in [2.24, 2.45) is 5.73 Å². The zero-order chi connectivity index (χ0) is 10.1. The molecule has 0 bridgehead atoms. The van der Waals surface area contributed by atoms with Crippen LogP contribution in [0.5, 0.6) is 0 Å². The lowest BCUT2D eigenvalue weighted by Crippen LogP contribution is -2.62. The third-order valence-corrected chi connectivity index (χ3v) is 2.95. The molecule has 2 atom stereocenters. The van der Waals surface area contributed by atoms with Crippen LogP contribution in [0.2, 0.25) is 0 Å². The average molecular weight is 188 g/mol. The normalized spacial score (nSPS) is 34.8. The molecule has 1 fully saturated rings. The van der Waals surface area contributed by atoms with Crippen molar-refractivity contribution in [2.75, 3.05) is 33.9 Å². The Balaban J connectivity index is 2.68. The number of rotatable bonds is 3. The fourth-order valence-corrected chi connectivity index (χ4v) is 1.88. The van der Waals surface area contributed by atoms with Crippen molar-refractivity contribution in [1.82, 2.24) is 4.90 Å². The van der Waals surface area contributed by atoms with E-state index in [-0.39, 0.29) is 0 Å². The van der Waals surface area contributed by atoms with Crippen molar-refractivity contribution in [3.05, 3.63) is 0 Å². The van der Waals surface area contributed by atoms with Gasteiger partial charge in [0.2, 0.25) is 0 Å². The summed E-state index contributed by atoms with van der Waals surface area (Å²) >= 11 is 0. The number of nitrogens with zero attached hydrogens (tertiary/aromatic N) is 1. The van der Waals surface area contributed by atoms with Crippen LogP contribution in [0.15, 0.2) is 0 Å². The van der Waals surface area contributed by atoms with Gasteiger partial charge in [-0.15, -0.1) is 0 Å². The Labute approximate surface area is 79.7 Å². The minimum Gasteiger partial charge on any atom is -0.386 e. The fourth-order valence-electron chi connectivity index (χ4n) is 1.88. The van der Waals surface area contributed by atoms with Crippen molar-refractivity contribution in [3.63, 3.8) is 0 Å². The summed E-state index contributed by atoms with van der Waals surface area (Å²) in [5.74, 6) is 0. The molecule has 0 saturated carbocycles. The van der Waals surface area contributed by atoms with E-state index in [9.17, 15) is 5.11 Å². The van der Waals surface area contributed by atoms with Crippen molar-refractivity contribution in [1.29, 1.82) is 0 Å². The van der Waals surface area contributed by atoms with E-state index in [0.29, 0.717) is 13.2 Å². The smallest absolute Gasteiger partial charge is 0.0984 e. The van der Waals surface area contributed by atoms with Crippen LogP contribution >= 0.6 is 0 Å². The van der Waals surface area contributed by atoms with Gasteiger partial charge in [0.15, 0.2) is 0 Å². The van der Waals surface area contributed by atoms with Gasteiger partial charge in [-0.2, -0.15) is 0 Å². The molecule has 4 nitrogen and oxygen atoms in total. The van der Waals surface area contributed by atoms with E-state index in [1.165, 1.54) is 0 Å². The number of ether oxygens (including phenoxy) is 1. The largest absolute Gasteiger partial charge is 0.386 e. The molecule has 4 heteroatoms. The third kappa shape index (κ3) is 2.02. The van der Waals surface area contributed by atoms with Crippen LogP contribution in [-0.2, 0) is 4.74 Å². The van der Waals surface area contributed by atoms with E-state index < -0.39 is 11.1 Å². The molecule has 1 aliphatic heterocycles. The van der Waals surface area contributed by atoms with Gasteiger partial charge in [0, 0.05) is 20.2 Å². The molecule has 0 aromatic carbocycles. The first-order valence-corrected chi connectivity index (χ1v) is 4.60. The maximum absolute atomic E-state index is 10.3. The summed E-state index contributed by atoms with van der Waals surface area (Å²) < 4.78 is 5.02. The number of hydrogen-bond acceptors (Lipinski definition) is 4. The van der Waals surface area contributed by atoms with Gasteiger partial charge < -0.3 is 20.5 Å². The summed E-state index contributed by atoms with van der Waals surface area (Å²) in [6.45, 7) is 3.75. The molecule has 0 aromatic rings. The van der Waals surface area contributed by atoms with Gasteiger partial charge in [0.1, 0.15) is 0 Å². The van der Waals surface area contributed by atoms with Crippen LogP contribution in [0.3, 0.4) is 0 Å². The Morgan fingerprint density at radius 3 is 2.69 bits per heavy atom. The average Bonchev–Trinajstić information content (AvgIpc) is 2.32. The lowest BCUT2D eigenvalue weighted by atomic mass is 9.82. The second-order valence-corrected chi connectivity index (χ2v) is 4.37. The van der Waals surface area contributed by atoms with Crippen LogP contribution < -0.4 is 5.73 Å². The van der Waals surface area contributed by atoms with Gasteiger partial charge >= 0.3 is 0 Å². The molecule has 0 amide bonds. The zero-order valence-corrected chi connectivity index (χ0v) is 8.71. The first kappa shape index (κ1) is 10.9. The van der Waals surface area contributed by atoms with Crippen LogP contribution in [0.1, 0.15) is 13.3 Å². The van der Waals surface area contributed by atoms with Gasteiger partial charge in [-0.05, 0) is 20.4 Å². The topological polar surface area (TPSA) is 58.7 Å². The molecule has 0 spiro atoms. The van der Waals surface area contributed by atoms with Crippen molar-refractivity contribution in [3.8, 4) is 0 Å². The molecular formula is C9H20N2O2. The van der Waals surface area contributed by atoms with Crippen LogP contribution in [-0.4, -0.2) is 55.0 Å². The number of hydrogen-bond donors (Lipinski definition) is 2. The Morgan fingerprint density at radius 1 is 1.69 bits per heavy atom. The maximum atomic E-state index is 10.3. The van der Waals surface area contributed by atoms with Crippen LogP contribution in [0.25, 0.3) is 0 Å². The minimum atomic E-state index is -0.808. The Kier molecular flexibility index (Phi) is 2.97. The molecule has 3 N–H and O–H groups in total. The highest BCUT2D eigenvalue weighted by Crippen LogP contribution is 2.29. The molecule has 1 rings (SSSR count). The monoisotopic (exact) mass is 188 g/mol. The predicted molar refractivity (Wildman–Crippen MR) is 51.5 cm³/mol. The standard InChI is InChI=1S/C9H20N2O2/c1-8(10,7-13-3)9(12)4-5-11(2)6-9/h12H,4-7,10H2,1-3H3. The van der Waals surface area contributed by atoms with E-state index >= 15 is 0 Å². The Hall–Kier alpha value is -0.160. The van der Waals surface area contributed by atoms with Crippen LogP contribution in [0.4, 0.5) is 0 Å². The lowest BCUT2D eigenvalue weighted by Gasteiger charge is -2.38. The highest BCUT2D eigenvalue weighted by Gasteiger charge is 2.47. The molecule has 78 valence electrons. The van der Waals surface area contributed by atoms with E-state index in [4.69, 9.17) is 10.5 Å². The summed E-state index contributed by atoms with van der Waals surface area (Å²) in [5.41, 5.74) is 4.56. The summed E-state index contributed by atoms with van der Waals surface area (Å²) in [7, 11) is 3.59. The first-order chi connectivity index (χ1) is 5.91. The molecule has 0 aromatic heterocycles. The Bertz CT molecular complexity index is 184. The predicted octanol–water partition coefficient (Wildman–Crippen LogP) is -0.583. The highest BCUT2D eigenvalue weighted by atomic mass is 16.5. The van der Waals surface area contributed by atoms with E-state index in [1.807, 2.05) is 14.0 Å². The van der Waals surface area contributed by atoms with E-state index in [1.54, 1.807) is 7.11 Å². The molecule has 0 aliphatic carbocycles. The van der Waals surface area contributed by atoms with E-state index in [2.05, 4.69) is 4.90 Å². The SMILES string of the molecule is COCC(C)(N)C1(O)CCN(C)C1. The van der Waals surface area contributed by atoms with E-state index in [0.717, 1.165) is 13.0 Å². The summed E-state index contributed by atoms with van der Waals surface area (Å²) in [5, 5.41) is 10.3. The fraction of sp³-hybridized carbons (Fsp3) is 1.00. The lowest BCUT2D eigenvalue weighted by molar-refractivity contribution is -0.0478. The summed E-state index contributed by atoms with van der Waals surface area (Å²) in [4.78, 5) is 2.08. The Morgan fingerprint density at radius 2 is 2.31 bits per heavy atom. The number of aliphatic hydroxyl groups is 1. The third-order valence-electron chi connectivity index (χ3n) is 2.95. The molecular weight excluding hydrogens is 168 g/mol. The number of β-amino-alcohol motifs (C(OH)–C–C–N with tert-alkyl or cyclic N) is 1. The zero-order valence-electron chi connectivity index (χ0n) is 8.71. The first-order valence-electron chi connectivity index (χ1n) is 4.60. The van der Waals surface area contributed by atoms with Crippen molar-refractivity contribution in [2.45, 2.75) is 24.5 Å². The number of methoxy groups -OCH3 is 1. The van der Waals surface area contributed by atoms with Gasteiger partial charge in [0.25, 0.3) is 0 Å². The van der Waals surface area contributed by atoms with Gasteiger partial charge in [0.05, 0.1) is 17.7 Å². The second kappa shape index (κ2) is 3.53. The van der Waals surface area contributed by atoms with Crippen molar-refractivity contribution >= 4 is 0 Å². The number of likely N-dealkylation sites (tertiary alicyclic amines) is 1. The van der Waals surface area contributed by atoms with Gasteiger partial charge in [-0.25, -0.2) is 0 Å². The number of nitrogens with two attached hydrogens (primary N) is 1. The second-order valence-electron chi connectivity index (χ2n) is 4.37. The molecule has 1 heterocycles. The maximum Gasteiger partial charge on any atom is 0.0984 e. The van der Waals surface area contributed by atoms with Crippen molar-refractivity contribution < 1.29 is 9.84 Å². The minimum absolute atomic E-state index is 0.386. The summed E-state index contributed by atoms with van der Waals surface area (Å²) in [6, 6.07) is 0. The quantitative estimate of drug-likeness (QED) is 0.622. The number of likely N-dealkylation sites (N-methyl/N-ethyl adjacent to an activating group) is 1. The molecule has 1 saturated heterocycles. The highest BCUT2D eigenvalue weighted by molar-refractivity contribution is 5.05. The molecule has 0 radical (unpaired) electrons. The van der Waals surface area contributed by atoms with Gasteiger partial charge in [-0.3, -0.25) is 0 Å². The summed E-state index contributed by atoms with van der Waals surface area (Å²) in [6.07, 6.45) is 0.722.